The van der Waals surface area contributed by atoms with Crippen molar-refractivity contribution in [1.29, 1.82) is 0 Å². The first-order valence-corrected chi connectivity index (χ1v) is 8.78. The van der Waals surface area contributed by atoms with Crippen molar-refractivity contribution >= 4 is 22.7 Å². The Hall–Kier alpha value is -2.96. The molecule has 0 bridgehead atoms. The molecule has 7 heteroatoms. The second-order valence-corrected chi connectivity index (χ2v) is 6.48. The van der Waals surface area contributed by atoms with Crippen LogP contribution in [0.4, 0.5) is 5.69 Å². The van der Waals surface area contributed by atoms with E-state index in [9.17, 15) is 9.59 Å². The molecule has 2 aromatic heterocycles. The van der Waals surface area contributed by atoms with Crippen molar-refractivity contribution in [2.45, 2.75) is 46.1 Å². The molecular formula is C19H22N4O3. The Bertz CT molecular complexity index is 988. The predicted octanol–water partition coefficient (Wildman–Crippen LogP) is 3.56. The molecule has 0 spiro atoms. The Kier molecular flexibility index (Phi) is 5.16. The molecule has 3 aromatic rings. The summed E-state index contributed by atoms with van der Waals surface area (Å²) in [5.41, 5.74) is 1.95. The minimum absolute atomic E-state index is 0.189. The molecule has 136 valence electrons. The number of oxazole rings is 1. The SMILES string of the molecule is CCCCn1nc(C(=O)Nc2ccc3oc(C(C)C)nc3c2)ccc1=O. The highest BCUT2D eigenvalue weighted by Crippen LogP contribution is 2.23. The highest BCUT2D eigenvalue weighted by molar-refractivity contribution is 6.03. The van der Waals surface area contributed by atoms with Gasteiger partial charge in [0.15, 0.2) is 11.5 Å². The molecule has 1 aromatic carbocycles. The van der Waals surface area contributed by atoms with Gasteiger partial charge in [-0.1, -0.05) is 27.2 Å². The molecule has 0 aliphatic carbocycles. The van der Waals surface area contributed by atoms with Crippen molar-refractivity contribution in [3.05, 3.63) is 52.3 Å². The lowest BCUT2D eigenvalue weighted by Crippen LogP contribution is -2.26. The molecular weight excluding hydrogens is 332 g/mol. The number of nitrogens with one attached hydrogen (secondary N) is 1. The fourth-order valence-electron chi connectivity index (χ4n) is 2.50. The molecule has 0 aliphatic heterocycles. The number of amides is 1. The van der Waals surface area contributed by atoms with Crippen LogP contribution in [0.2, 0.25) is 0 Å². The zero-order chi connectivity index (χ0) is 18.7. The summed E-state index contributed by atoms with van der Waals surface area (Å²) in [6.45, 7) is 6.55. The third-order valence-corrected chi connectivity index (χ3v) is 3.98. The van der Waals surface area contributed by atoms with Gasteiger partial charge < -0.3 is 9.73 Å². The lowest BCUT2D eigenvalue weighted by atomic mass is 10.2. The molecule has 0 fully saturated rings. The Labute approximate surface area is 151 Å². The smallest absolute Gasteiger partial charge is 0.276 e. The van der Waals surface area contributed by atoms with Crippen molar-refractivity contribution in [2.24, 2.45) is 0 Å². The molecule has 7 nitrogen and oxygen atoms in total. The Morgan fingerprint density at radius 3 is 2.81 bits per heavy atom. The monoisotopic (exact) mass is 354 g/mol. The first kappa shape index (κ1) is 17.8. The summed E-state index contributed by atoms with van der Waals surface area (Å²) >= 11 is 0. The normalized spacial score (nSPS) is 11.2. The minimum atomic E-state index is -0.373. The van der Waals surface area contributed by atoms with Gasteiger partial charge in [-0.05, 0) is 30.7 Å². The predicted molar refractivity (Wildman–Crippen MR) is 99.5 cm³/mol. The van der Waals surface area contributed by atoms with Gasteiger partial charge in [0.2, 0.25) is 0 Å². The number of anilines is 1. The van der Waals surface area contributed by atoms with Gasteiger partial charge in [-0.2, -0.15) is 5.10 Å². The first-order valence-electron chi connectivity index (χ1n) is 8.78. The van der Waals surface area contributed by atoms with E-state index in [4.69, 9.17) is 4.42 Å². The molecule has 3 rings (SSSR count). The van der Waals surface area contributed by atoms with E-state index in [1.54, 1.807) is 18.2 Å². The molecule has 2 heterocycles. The number of carbonyl (C=O) groups excluding carboxylic acids is 1. The molecule has 0 saturated heterocycles. The van der Waals surface area contributed by atoms with Crippen LogP contribution in [0.1, 0.15) is 55.9 Å². The van der Waals surface area contributed by atoms with Gasteiger partial charge in [0.25, 0.3) is 11.5 Å². The quantitative estimate of drug-likeness (QED) is 0.731. The second-order valence-electron chi connectivity index (χ2n) is 6.48. The zero-order valence-corrected chi connectivity index (χ0v) is 15.2. The van der Waals surface area contributed by atoms with Crippen LogP contribution < -0.4 is 10.9 Å². The number of carbonyl (C=O) groups is 1. The molecule has 0 saturated carbocycles. The second kappa shape index (κ2) is 7.51. The zero-order valence-electron chi connectivity index (χ0n) is 15.2. The van der Waals surface area contributed by atoms with Gasteiger partial charge in [0.1, 0.15) is 11.2 Å². The van der Waals surface area contributed by atoms with Crippen molar-refractivity contribution in [3.8, 4) is 0 Å². The first-order chi connectivity index (χ1) is 12.5. The highest BCUT2D eigenvalue weighted by Gasteiger charge is 2.13. The maximum Gasteiger partial charge on any atom is 0.276 e. The van der Waals surface area contributed by atoms with Crippen molar-refractivity contribution in [3.63, 3.8) is 0 Å². The van der Waals surface area contributed by atoms with Gasteiger partial charge >= 0.3 is 0 Å². The highest BCUT2D eigenvalue weighted by atomic mass is 16.3. The maximum absolute atomic E-state index is 12.5. The third kappa shape index (κ3) is 3.82. The van der Waals surface area contributed by atoms with E-state index in [1.165, 1.54) is 16.8 Å². The van der Waals surface area contributed by atoms with Crippen LogP contribution in [0.15, 0.2) is 39.5 Å². The van der Waals surface area contributed by atoms with Crippen LogP contribution in [-0.4, -0.2) is 20.7 Å². The fourth-order valence-corrected chi connectivity index (χ4v) is 2.50. The topological polar surface area (TPSA) is 90.0 Å². The molecule has 1 amide bonds. The Morgan fingerprint density at radius 2 is 2.08 bits per heavy atom. The Morgan fingerprint density at radius 1 is 1.27 bits per heavy atom. The van der Waals surface area contributed by atoms with E-state index in [-0.39, 0.29) is 23.1 Å². The van der Waals surface area contributed by atoms with E-state index in [1.807, 2.05) is 20.8 Å². The average molecular weight is 354 g/mol. The van der Waals surface area contributed by atoms with E-state index in [0.717, 1.165) is 12.8 Å². The number of hydrogen-bond donors (Lipinski definition) is 1. The summed E-state index contributed by atoms with van der Waals surface area (Å²) in [5.74, 6) is 0.476. The van der Waals surface area contributed by atoms with Crippen LogP contribution >= 0.6 is 0 Å². The van der Waals surface area contributed by atoms with Crippen molar-refractivity contribution in [2.75, 3.05) is 5.32 Å². The van der Waals surface area contributed by atoms with Gasteiger partial charge in [-0.3, -0.25) is 9.59 Å². The van der Waals surface area contributed by atoms with Gasteiger partial charge in [-0.15, -0.1) is 0 Å². The minimum Gasteiger partial charge on any atom is -0.440 e. The third-order valence-electron chi connectivity index (χ3n) is 3.98. The van der Waals surface area contributed by atoms with E-state index in [2.05, 4.69) is 15.4 Å². The van der Waals surface area contributed by atoms with Crippen LogP contribution in [0.5, 0.6) is 0 Å². The van der Waals surface area contributed by atoms with E-state index < -0.39 is 0 Å². The molecule has 1 N–H and O–H groups in total. The summed E-state index contributed by atoms with van der Waals surface area (Å²) < 4.78 is 6.99. The number of aryl methyl sites for hydroxylation is 1. The largest absolute Gasteiger partial charge is 0.440 e. The summed E-state index contributed by atoms with van der Waals surface area (Å²) in [5, 5.41) is 6.95. The Balaban J connectivity index is 1.81. The van der Waals surface area contributed by atoms with Crippen molar-refractivity contribution in [1.82, 2.24) is 14.8 Å². The number of hydrogen-bond acceptors (Lipinski definition) is 5. The summed E-state index contributed by atoms with van der Waals surface area (Å²) in [6.07, 6.45) is 1.78. The van der Waals surface area contributed by atoms with Crippen LogP contribution in [-0.2, 0) is 6.54 Å². The number of nitrogens with zero attached hydrogens (tertiary/aromatic N) is 3. The molecule has 0 atom stereocenters. The molecule has 26 heavy (non-hydrogen) atoms. The summed E-state index contributed by atoms with van der Waals surface area (Å²) in [4.78, 5) is 28.7. The number of rotatable bonds is 6. The lowest BCUT2D eigenvalue weighted by Gasteiger charge is -2.07. The number of unbranched alkanes of at least 4 members (excludes halogenated alkanes) is 1. The van der Waals surface area contributed by atoms with E-state index >= 15 is 0 Å². The molecule has 0 aliphatic rings. The number of aromatic nitrogens is 3. The number of fused-ring (bicyclic) bond motifs is 1. The summed E-state index contributed by atoms with van der Waals surface area (Å²) in [6, 6.07) is 8.09. The molecule has 0 unspecified atom stereocenters. The van der Waals surface area contributed by atoms with E-state index in [0.29, 0.717) is 29.2 Å². The molecule has 0 radical (unpaired) electrons. The standard InChI is InChI=1S/C19H22N4O3/c1-4-5-10-23-17(24)9-7-14(22-23)18(25)20-13-6-8-16-15(11-13)21-19(26-16)12(2)3/h6-9,11-12H,4-5,10H2,1-3H3,(H,20,25). The lowest BCUT2D eigenvalue weighted by molar-refractivity contribution is 0.101. The van der Waals surface area contributed by atoms with Gasteiger partial charge in [0, 0.05) is 24.2 Å². The van der Waals surface area contributed by atoms with Gasteiger partial charge in [0.05, 0.1) is 0 Å². The van der Waals surface area contributed by atoms with Crippen molar-refractivity contribution < 1.29 is 9.21 Å². The fraction of sp³-hybridized carbons (Fsp3) is 0.368. The number of benzene rings is 1. The maximum atomic E-state index is 12.5. The average Bonchev–Trinajstić information content (AvgIpc) is 3.04. The van der Waals surface area contributed by atoms with Crippen LogP contribution in [0, 0.1) is 0 Å². The van der Waals surface area contributed by atoms with Crippen LogP contribution in [0.25, 0.3) is 11.1 Å². The summed E-state index contributed by atoms with van der Waals surface area (Å²) in [7, 11) is 0. The van der Waals surface area contributed by atoms with Crippen LogP contribution in [0.3, 0.4) is 0 Å². The van der Waals surface area contributed by atoms with Gasteiger partial charge in [-0.25, -0.2) is 9.67 Å².